The molecule has 0 aliphatic rings. The predicted octanol–water partition coefficient (Wildman–Crippen LogP) is 4.47. The highest BCUT2D eigenvalue weighted by Gasteiger charge is 2.02. The highest BCUT2D eigenvalue weighted by atomic mass is 35.5. The van der Waals surface area contributed by atoms with E-state index in [4.69, 9.17) is 19.9 Å². The molecule has 132 valence electrons. The molecule has 0 fully saturated rings. The molecule has 0 saturated carbocycles. The van der Waals surface area contributed by atoms with E-state index in [-0.39, 0.29) is 12.4 Å². The first-order chi connectivity index (χ1) is 11.3. The van der Waals surface area contributed by atoms with Crippen LogP contribution in [0.1, 0.15) is 25.3 Å². The molecular weight excluding hydrogens is 326 g/mol. The summed E-state index contributed by atoms with van der Waals surface area (Å²) >= 11 is 0. The Morgan fingerprint density at radius 3 is 2.38 bits per heavy atom. The van der Waals surface area contributed by atoms with Gasteiger partial charge < -0.3 is 19.9 Å². The van der Waals surface area contributed by atoms with Crippen molar-refractivity contribution in [3.8, 4) is 11.5 Å². The molecule has 0 amide bonds. The summed E-state index contributed by atoms with van der Waals surface area (Å²) in [5.74, 6) is 1.48. The lowest BCUT2D eigenvalue weighted by molar-refractivity contribution is 0.113. The number of unbranched alkanes of at least 4 members (excludes halogenated alkanes) is 1. The van der Waals surface area contributed by atoms with E-state index in [0.29, 0.717) is 31.3 Å². The Hall–Kier alpha value is -1.91. The van der Waals surface area contributed by atoms with Gasteiger partial charge in [0.15, 0.2) is 0 Å². The second kappa shape index (κ2) is 11.6. The van der Waals surface area contributed by atoms with Gasteiger partial charge in [-0.3, -0.25) is 0 Å². The first-order valence-corrected chi connectivity index (χ1v) is 8.06. The van der Waals surface area contributed by atoms with Crippen LogP contribution in [0.25, 0.3) is 0 Å². The zero-order chi connectivity index (χ0) is 16.3. The summed E-state index contributed by atoms with van der Waals surface area (Å²) in [5, 5.41) is 0. The van der Waals surface area contributed by atoms with Crippen molar-refractivity contribution >= 4 is 18.1 Å². The summed E-state index contributed by atoms with van der Waals surface area (Å²) in [5.41, 5.74) is 7.76. The highest BCUT2D eigenvalue weighted by molar-refractivity contribution is 5.85. The molecule has 2 aromatic rings. The van der Waals surface area contributed by atoms with Crippen molar-refractivity contribution in [2.45, 2.75) is 26.4 Å². The Morgan fingerprint density at radius 2 is 1.67 bits per heavy atom. The van der Waals surface area contributed by atoms with Crippen LogP contribution < -0.4 is 15.2 Å². The van der Waals surface area contributed by atoms with E-state index >= 15 is 0 Å². The molecular formula is C19H26ClNO3. The average Bonchev–Trinajstić information content (AvgIpc) is 2.57. The van der Waals surface area contributed by atoms with Crippen LogP contribution in [-0.2, 0) is 11.3 Å². The maximum atomic E-state index is 5.95. The van der Waals surface area contributed by atoms with Gasteiger partial charge >= 0.3 is 0 Å². The third-order valence-corrected chi connectivity index (χ3v) is 3.34. The summed E-state index contributed by atoms with van der Waals surface area (Å²) in [6, 6.07) is 15.7. The second-order valence-electron chi connectivity index (χ2n) is 5.23. The molecule has 2 N–H and O–H groups in total. The molecule has 5 heteroatoms. The van der Waals surface area contributed by atoms with Crippen molar-refractivity contribution in [3.05, 3.63) is 54.1 Å². The van der Waals surface area contributed by atoms with Crippen molar-refractivity contribution in [1.29, 1.82) is 0 Å². The molecule has 0 saturated heterocycles. The van der Waals surface area contributed by atoms with Gasteiger partial charge in [0.25, 0.3) is 0 Å². The third-order valence-electron chi connectivity index (χ3n) is 3.34. The number of nitrogen functional groups attached to an aromatic ring is 1. The maximum Gasteiger partial charge on any atom is 0.142 e. The molecule has 0 aliphatic heterocycles. The third kappa shape index (κ3) is 7.11. The molecule has 2 rings (SSSR count). The molecule has 2 aromatic carbocycles. The van der Waals surface area contributed by atoms with Crippen LogP contribution in [0.2, 0.25) is 0 Å². The van der Waals surface area contributed by atoms with E-state index in [1.54, 1.807) is 6.07 Å². The molecule has 0 bridgehead atoms. The van der Waals surface area contributed by atoms with Crippen LogP contribution in [-0.4, -0.2) is 19.8 Å². The number of halogens is 1. The van der Waals surface area contributed by atoms with Crippen molar-refractivity contribution < 1.29 is 14.2 Å². The minimum Gasteiger partial charge on any atom is -0.494 e. The topological polar surface area (TPSA) is 53.7 Å². The van der Waals surface area contributed by atoms with Crippen LogP contribution in [0.4, 0.5) is 5.69 Å². The quantitative estimate of drug-likeness (QED) is 0.507. The standard InChI is InChI=1S/C19H25NO3.ClH/c1-2-22-17-10-11-19(18(20)14-17)23-13-7-6-12-21-15-16-8-4-3-5-9-16;/h3-5,8-11,14H,2,6-7,12-13,15,20H2,1H3;1H. The Labute approximate surface area is 150 Å². The van der Waals surface area contributed by atoms with Gasteiger partial charge in [0.1, 0.15) is 11.5 Å². The van der Waals surface area contributed by atoms with Crippen molar-refractivity contribution in [1.82, 2.24) is 0 Å². The average molecular weight is 352 g/mol. The van der Waals surface area contributed by atoms with Crippen LogP contribution in [0, 0.1) is 0 Å². The predicted molar refractivity (Wildman–Crippen MR) is 100 cm³/mol. The Bertz CT molecular complexity index is 578. The molecule has 0 aromatic heterocycles. The van der Waals surface area contributed by atoms with Gasteiger partial charge in [0.2, 0.25) is 0 Å². The lowest BCUT2D eigenvalue weighted by Gasteiger charge is -2.11. The summed E-state index contributed by atoms with van der Waals surface area (Å²) in [6.07, 6.45) is 1.89. The first-order valence-electron chi connectivity index (χ1n) is 8.06. The van der Waals surface area contributed by atoms with Gasteiger partial charge in [0.05, 0.1) is 25.5 Å². The number of ether oxygens (including phenoxy) is 3. The van der Waals surface area contributed by atoms with E-state index in [2.05, 4.69) is 12.1 Å². The van der Waals surface area contributed by atoms with Crippen LogP contribution in [0.3, 0.4) is 0 Å². The lowest BCUT2D eigenvalue weighted by atomic mass is 10.2. The Kier molecular flexibility index (Phi) is 9.73. The van der Waals surface area contributed by atoms with Crippen molar-refractivity contribution in [2.75, 3.05) is 25.6 Å². The minimum atomic E-state index is 0. The Morgan fingerprint density at radius 1 is 0.917 bits per heavy atom. The zero-order valence-corrected chi connectivity index (χ0v) is 14.9. The molecule has 4 nitrogen and oxygen atoms in total. The second-order valence-corrected chi connectivity index (χ2v) is 5.23. The van der Waals surface area contributed by atoms with E-state index < -0.39 is 0 Å². The highest BCUT2D eigenvalue weighted by Crippen LogP contribution is 2.26. The van der Waals surface area contributed by atoms with Gasteiger partial charge in [0, 0.05) is 12.7 Å². The molecule has 0 atom stereocenters. The zero-order valence-electron chi connectivity index (χ0n) is 14.1. The lowest BCUT2D eigenvalue weighted by Crippen LogP contribution is -2.03. The summed E-state index contributed by atoms with van der Waals surface area (Å²) in [6.45, 7) is 4.60. The normalized spacial score (nSPS) is 10.0. The van der Waals surface area contributed by atoms with E-state index in [1.165, 1.54) is 5.56 Å². The van der Waals surface area contributed by atoms with Crippen molar-refractivity contribution in [3.63, 3.8) is 0 Å². The summed E-state index contributed by atoms with van der Waals surface area (Å²) in [4.78, 5) is 0. The SMILES string of the molecule is CCOc1ccc(OCCCCOCc2ccccc2)c(N)c1.Cl. The van der Waals surface area contributed by atoms with Gasteiger partial charge in [-0.2, -0.15) is 0 Å². The van der Waals surface area contributed by atoms with Crippen LogP contribution in [0.15, 0.2) is 48.5 Å². The maximum absolute atomic E-state index is 5.95. The van der Waals surface area contributed by atoms with E-state index in [9.17, 15) is 0 Å². The fourth-order valence-corrected chi connectivity index (χ4v) is 2.17. The van der Waals surface area contributed by atoms with Crippen molar-refractivity contribution in [2.24, 2.45) is 0 Å². The number of hydrogen-bond donors (Lipinski definition) is 1. The smallest absolute Gasteiger partial charge is 0.142 e. The molecule has 24 heavy (non-hydrogen) atoms. The number of hydrogen-bond acceptors (Lipinski definition) is 4. The molecule has 0 aliphatic carbocycles. The molecule has 0 spiro atoms. The van der Waals surface area contributed by atoms with Crippen LogP contribution in [0.5, 0.6) is 11.5 Å². The number of nitrogens with two attached hydrogens (primary N) is 1. The number of rotatable bonds is 10. The monoisotopic (exact) mass is 351 g/mol. The molecule has 0 unspecified atom stereocenters. The van der Waals surface area contributed by atoms with Gasteiger partial charge in [-0.05, 0) is 37.5 Å². The van der Waals surface area contributed by atoms with E-state index in [1.807, 2.05) is 37.3 Å². The largest absolute Gasteiger partial charge is 0.494 e. The number of benzene rings is 2. The fourth-order valence-electron chi connectivity index (χ4n) is 2.17. The van der Waals surface area contributed by atoms with E-state index in [0.717, 1.165) is 25.2 Å². The number of anilines is 1. The Balaban J connectivity index is 0.00000288. The molecule has 0 radical (unpaired) electrons. The van der Waals surface area contributed by atoms with Gasteiger partial charge in [-0.15, -0.1) is 12.4 Å². The summed E-state index contributed by atoms with van der Waals surface area (Å²) in [7, 11) is 0. The minimum absolute atomic E-state index is 0. The summed E-state index contributed by atoms with van der Waals surface area (Å²) < 4.78 is 16.7. The van der Waals surface area contributed by atoms with Gasteiger partial charge in [-0.1, -0.05) is 30.3 Å². The fraction of sp³-hybridized carbons (Fsp3) is 0.368. The van der Waals surface area contributed by atoms with Gasteiger partial charge in [-0.25, -0.2) is 0 Å². The molecule has 0 heterocycles. The first kappa shape index (κ1) is 20.1. The van der Waals surface area contributed by atoms with Crippen LogP contribution >= 0.6 is 12.4 Å².